The molecular weight excluding hydrogens is 536 g/mol. The van der Waals surface area contributed by atoms with Crippen LogP contribution in [0.25, 0.3) is 21.5 Å². The maximum absolute atomic E-state index is 13.5. The first-order valence-corrected chi connectivity index (χ1v) is 13.7. The van der Waals surface area contributed by atoms with E-state index in [1.165, 1.54) is 0 Å². The Hall–Kier alpha value is -2.71. The molecule has 0 N–H and O–H groups in total. The van der Waals surface area contributed by atoms with Crippen LogP contribution in [0, 0.1) is 0 Å². The van der Waals surface area contributed by atoms with E-state index in [1.807, 2.05) is 43.0 Å². The van der Waals surface area contributed by atoms with Crippen molar-refractivity contribution < 1.29 is 23.7 Å². The van der Waals surface area contributed by atoms with Gasteiger partial charge in [-0.05, 0) is 95.2 Å². The zero-order valence-corrected chi connectivity index (χ0v) is 24.2. The fourth-order valence-electron chi connectivity index (χ4n) is 5.48. The summed E-state index contributed by atoms with van der Waals surface area (Å²) in [7, 11) is 6.58. The number of amides is 1. The minimum atomic E-state index is -0.128. The molecule has 1 saturated heterocycles. The van der Waals surface area contributed by atoms with Crippen LogP contribution in [-0.4, -0.2) is 69.8 Å². The number of hydrogen-bond acceptors (Lipinski definition) is 6. The smallest absolute Gasteiger partial charge is 0.239 e. The number of halogens is 1. The lowest BCUT2D eigenvalue weighted by Crippen LogP contribution is -2.50. The maximum Gasteiger partial charge on any atom is 0.239 e. The normalized spacial score (nSPS) is 16.1. The molecule has 0 aliphatic carbocycles. The molecule has 0 unspecified atom stereocenters. The lowest BCUT2D eigenvalue weighted by molar-refractivity contribution is -0.138. The fourth-order valence-corrected chi connectivity index (χ4v) is 6.15. The molecule has 0 radical (unpaired) electrons. The van der Waals surface area contributed by atoms with Gasteiger partial charge in [0.05, 0.1) is 34.5 Å². The second kappa shape index (κ2) is 11.8. The Kier molecular flexibility index (Phi) is 8.70. The molecule has 1 heterocycles. The van der Waals surface area contributed by atoms with Gasteiger partial charge < -0.3 is 23.8 Å². The number of nitrogens with zero attached hydrogens (tertiary/aromatic N) is 2. The predicted molar refractivity (Wildman–Crippen MR) is 151 cm³/mol. The van der Waals surface area contributed by atoms with E-state index in [0.717, 1.165) is 70.5 Å². The van der Waals surface area contributed by atoms with Gasteiger partial charge in [0.2, 0.25) is 5.91 Å². The molecule has 200 valence electrons. The number of carbonyl (C=O) groups excluding carboxylic acids is 1. The summed E-state index contributed by atoms with van der Waals surface area (Å²) in [5.41, 5.74) is 1.11. The van der Waals surface area contributed by atoms with Gasteiger partial charge in [0.25, 0.3) is 0 Å². The van der Waals surface area contributed by atoms with Crippen LogP contribution in [0.4, 0.5) is 0 Å². The second-order valence-corrected chi connectivity index (χ2v) is 10.1. The number of benzene rings is 3. The number of hydrogen-bond donors (Lipinski definition) is 0. The molecule has 8 heteroatoms. The predicted octanol–water partition coefficient (Wildman–Crippen LogP) is 6.01. The third kappa shape index (κ3) is 5.06. The van der Waals surface area contributed by atoms with Gasteiger partial charge in [0.15, 0.2) is 23.0 Å². The molecule has 0 bridgehead atoms. The van der Waals surface area contributed by atoms with Crippen LogP contribution in [0.1, 0.15) is 38.7 Å². The van der Waals surface area contributed by atoms with Crippen molar-refractivity contribution in [2.45, 2.75) is 45.7 Å². The van der Waals surface area contributed by atoms with Crippen molar-refractivity contribution in [2.75, 3.05) is 48.1 Å². The number of piperidine rings is 1. The zero-order chi connectivity index (χ0) is 26.7. The molecule has 1 atom stereocenters. The lowest BCUT2D eigenvalue weighted by atomic mass is 9.94. The van der Waals surface area contributed by atoms with Gasteiger partial charge in [-0.3, -0.25) is 9.69 Å². The molecule has 1 aliphatic rings. The topological polar surface area (TPSA) is 60.5 Å². The number of likely N-dealkylation sites (N-methyl/N-ethyl adjacent to an activating group) is 1. The highest BCUT2D eigenvalue weighted by Gasteiger charge is 2.32. The quantitative estimate of drug-likeness (QED) is 0.292. The van der Waals surface area contributed by atoms with Gasteiger partial charge in [0.1, 0.15) is 0 Å². The number of fused-ring (bicyclic) bond motifs is 3. The van der Waals surface area contributed by atoms with Crippen molar-refractivity contribution in [2.24, 2.45) is 0 Å². The fraction of sp³-hybridized carbons (Fsp3) is 0.483. The van der Waals surface area contributed by atoms with Crippen molar-refractivity contribution in [1.29, 1.82) is 0 Å². The number of carbonyl (C=O) groups is 1. The number of ether oxygens (including phenoxy) is 4. The van der Waals surface area contributed by atoms with Gasteiger partial charge in [-0.15, -0.1) is 0 Å². The Labute approximate surface area is 227 Å². The Balaban J connectivity index is 1.94. The molecule has 0 saturated carbocycles. The molecule has 1 fully saturated rings. The molecular formula is C29H37BrN2O5. The SMILES string of the molecule is CCN(CC)C(=O)[C@@H]1CCCCN1Cc1c(Br)c2cc(OC)c(OC)cc2c2cc(OC)c(OC)cc12. The summed E-state index contributed by atoms with van der Waals surface area (Å²) < 4.78 is 23.6. The standard InChI is InChI=1S/C29H37BrN2O5/c1-7-31(8-2)29(33)23-11-9-10-12-32(23)17-22-20-15-26(36-5)24(34-3)13-18(20)19-14-25(35-4)27(37-6)16-21(19)28(22)30/h13-16,23H,7-12,17H2,1-6H3/t23-/m0/s1. The van der Waals surface area contributed by atoms with E-state index < -0.39 is 0 Å². The average molecular weight is 574 g/mol. The van der Waals surface area contributed by atoms with Crippen molar-refractivity contribution in [3.05, 3.63) is 34.3 Å². The van der Waals surface area contributed by atoms with Gasteiger partial charge in [0, 0.05) is 29.5 Å². The van der Waals surface area contributed by atoms with Gasteiger partial charge in [-0.1, -0.05) is 6.42 Å². The molecule has 3 aromatic rings. The third-order valence-corrected chi connectivity index (χ3v) is 8.40. The van der Waals surface area contributed by atoms with Crippen molar-refractivity contribution in [1.82, 2.24) is 9.80 Å². The van der Waals surface area contributed by atoms with E-state index in [0.29, 0.717) is 29.5 Å². The number of rotatable bonds is 9. The Morgan fingerprint density at radius 1 is 0.838 bits per heavy atom. The summed E-state index contributed by atoms with van der Waals surface area (Å²) in [6.07, 6.45) is 3.02. The van der Waals surface area contributed by atoms with E-state index >= 15 is 0 Å². The Morgan fingerprint density at radius 3 is 1.84 bits per heavy atom. The van der Waals surface area contributed by atoms with E-state index in [-0.39, 0.29) is 11.9 Å². The van der Waals surface area contributed by atoms with Gasteiger partial charge in [-0.2, -0.15) is 0 Å². The molecule has 1 amide bonds. The number of likely N-dealkylation sites (tertiary alicyclic amines) is 1. The summed E-state index contributed by atoms with van der Waals surface area (Å²) in [6, 6.07) is 7.94. The second-order valence-electron chi connectivity index (χ2n) is 9.29. The highest BCUT2D eigenvalue weighted by molar-refractivity contribution is 9.10. The van der Waals surface area contributed by atoms with Crippen LogP contribution in [-0.2, 0) is 11.3 Å². The lowest BCUT2D eigenvalue weighted by Gasteiger charge is -2.37. The van der Waals surface area contributed by atoms with Crippen LogP contribution in [0.3, 0.4) is 0 Å². The molecule has 3 aromatic carbocycles. The van der Waals surface area contributed by atoms with E-state index in [1.54, 1.807) is 28.4 Å². The Morgan fingerprint density at radius 2 is 1.32 bits per heavy atom. The largest absolute Gasteiger partial charge is 0.493 e. The van der Waals surface area contributed by atoms with E-state index in [2.05, 4.69) is 20.8 Å². The van der Waals surface area contributed by atoms with Crippen LogP contribution in [0.5, 0.6) is 23.0 Å². The van der Waals surface area contributed by atoms with Crippen LogP contribution >= 0.6 is 15.9 Å². The maximum atomic E-state index is 13.5. The average Bonchev–Trinajstić information content (AvgIpc) is 2.94. The van der Waals surface area contributed by atoms with Crippen molar-refractivity contribution in [3.63, 3.8) is 0 Å². The molecule has 37 heavy (non-hydrogen) atoms. The minimum Gasteiger partial charge on any atom is -0.493 e. The highest BCUT2D eigenvalue weighted by atomic mass is 79.9. The summed E-state index contributed by atoms with van der Waals surface area (Å²) in [5.74, 6) is 2.86. The van der Waals surface area contributed by atoms with Crippen molar-refractivity contribution in [3.8, 4) is 23.0 Å². The van der Waals surface area contributed by atoms with Crippen LogP contribution < -0.4 is 18.9 Å². The van der Waals surface area contributed by atoms with Crippen LogP contribution in [0.2, 0.25) is 0 Å². The third-order valence-electron chi connectivity index (χ3n) is 7.50. The minimum absolute atomic E-state index is 0.128. The molecule has 7 nitrogen and oxygen atoms in total. The summed E-state index contributed by atoms with van der Waals surface area (Å²) >= 11 is 3.94. The van der Waals surface area contributed by atoms with E-state index in [4.69, 9.17) is 18.9 Å². The van der Waals surface area contributed by atoms with Crippen molar-refractivity contribution >= 4 is 43.4 Å². The zero-order valence-electron chi connectivity index (χ0n) is 22.7. The first-order chi connectivity index (χ1) is 17.9. The first kappa shape index (κ1) is 27.3. The van der Waals surface area contributed by atoms with Gasteiger partial charge in [-0.25, -0.2) is 0 Å². The monoisotopic (exact) mass is 572 g/mol. The molecule has 0 aromatic heterocycles. The Bertz CT molecular complexity index is 1290. The molecule has 4 rings (SSSR count). The van der Waals surface area contributed by atoms with E-state index in [9.17, 15) is 4.79 Å². The summed E-state index contributed by atoms with van der Waals surface area (Å²) in [6.45, 7) is 7.05. The first-order valence-electron chi connectivity index (χ1n) is 12.9. The number of methoxy groups -OCH3 is 4. The van der Waals surface area contributed by atoms with Crippen LogP contribution in [0.15, 0.2) is 28.7 Å². The molecule has 0 spiro atoms. The summed E-state index contributed by atoms with van der Waals surface area (Å²) in [4.78, 5) is 17.8. The molecule has 1 aliphatic heterocycles. The highest BCUT2D eigenvalue weighted by Crippen LogP contribution is 2.45. The summed E-state index contributed by atoms with van der Waals surface area (Å²) in [5, 5.41) is 4.09. The van der Waals surface area contributed by atoms with Gasteiger partial charge >= 0.3 is 0 Å².